The predicted molar refractivity (Wildman–Crippen MR) is 86.7 cm³/mol. The third kappa shape index (κ3) is 3.69. The molecule has 1 unspecified atom stereocenters. The van der Waals surface area contributed by atoms with E-state index in [9.17, 15) is 0 Å². The van der Waals surface area contributed by atoms with Crippen molar-refractivity contribution in [1.82, 2.24) is 5.32 Å². The quantitative estimate of drug-likeness (QED) is 0.793. The van der Waals surface area contributed by atoms with Gasteiger partial charge in [-0.05, 0) is 67.9 Å². The first-order valence-electron chi connectivity index (χ1n) is 7.01. The summed E-state index contributed by atoms with van der Waals surface area (Å²) in [5, 5.41) is 7.52. The van der Waals surface area contributed by atoms with Gasteiger partial charge in [0.25, 0.3) is 0 Å². The molecule has 1 fully saturated rings. The highest BCUT2D eigenvalue weighted by Gasteiger charge is 2.31. The molecule has 0 saturated heterocycles. The Kier molecular flexibility index (Phi) is 4.14. The van der Waals surface area contributed by atoms with Gasteiger partial charge in [0.2, 0.25) is 0 Å². The Labute approximate surface area is 122 Å². The lowest BCUT2D eigenvalue weighted by molar-refractivity contribution is 0.372. The van der Waals surface area contributed by atoms with Crippen LogP contribution in [-0.2, 0) is 0 Å². The second kappa shape index (κ2) is 5.49. The molecule has 1 aliphatic rings. The van der Waals surface area contributed by atoms with Crippen molar-refractivity contribution in [3.8, 4) is 0 Å². The lowest BCUT2D eigenvalue weighted by atomic mass is 9.92. The Morgan fingerprint density at radius 1 is 1.32 bits per heavy atom. The van der Waals surface area contributed by atoms with Crippen molar-refractivity contribution in [2.45, 2.75) is 53.0 Å². The molecule has 0 amide bonds. The molecular weight excluding hydrogens is 252 g/mol. The number of hydrogen-bond donors (Lipinski definition) is 2. The van der Waals surface area contributed by atoms with Gasteiger partial charge in [0.05, 0.1) is 0 Å². The highest BCUT2D eigenvalue weighted by Crippen LogP contribution is 2.36. The first-order valence-corrected chi connectivity index (χ1v) is 7.42. The van der Waals surface area contributed by atoms with Crippen LogP contribution in [0.5, 0.6) is 0 Å². The maximum Gasteiger partial charge on any atom is 0.171 e. The van der Waals surface area contributed by atoms with Crippen LogP contribution in [0.15, 0.2) is 18.2 Å². The van der Waals surface area contributed by atoms with Crippen molar-refractivity contribution in [2.75, 3.05) is 5.32 Å². The van der Waals surface area contributed by atoms with E-state index < -0.39 is 0 Å². The van der Waals surface area contributed by atoms with Gasteiger partial charge in [-0.15, -0.1) is 0 Å². The molecule has 2 N–H and O–H groups in total. The summed E-state index contributed by atoms with van der Waals surface area (Å²) in [6.45, 7) is 8.90. The molecule has 1 atom stereocenters. The largest absolute Gasteiger partial charge is 0.360 e. The molecule has 1 aromatic rings. The fourth-order valence-electron chi connectivity index (χ4n) is 2.79. The maximum absolute atomic E-state index is 5.43. The smallest absolute Gasteiger partial charge is 0.171 e. The molecule has 1 saturated carbocycles. The number of anilines is 1. The summed E-state index contributed by atoms with van der Waals surface area (Å²) in [5.74, 6) is 0. The van der Waals surface area contributed by atoms with E-state index in [0.717, 1.165) is 10.8 Å². The van der Waals surface area contributed by atoms with E-state index in [0.29, 0.717) is 11.5 Å². The van der Waals surface area contributed by atoms with Crippen molar-refractivity contribution < 1.29 is 0 Å². The van der Waals surface area contributed by atoms with Gasteiger partial charge in [-0.3, -0.25) is 0 Å². The predicted octanol–water partition coefficient (Wildman–Crippen LogP) is 4.17. The van der Waals surface area contributed by atoms with Crippen LogP contribution in [0.4, 0.5) is 5.69 Å². The van der Waals surface area contributed by atoms with Crippen LogP contribution in [0, 0.1) is 19.3 Å². The second-order valence-electron chi connectivity index (χ2n) is 6.45. The van der Waals surface area contributed by atoms with E-state index in [1.165, 1.54) is 30.4 Å². The lowest BCUT2D eigenvalue weighted by Crippen LogP contribution is -2.36. The molecule has 0 aliphatic heterocycles. The number of aryl methyl sites for hydroxylation is 1. The number of rotatable bonds is 2. The lowest BCUT2D eigenvalue weighted by Gasteiger charge is -2.20. The minimum Gasteiger partial charge on any atom is -0.360 e. The van der Waals surface area contributed by atoms with E-state index in [4.69, 9.17) is 12.2 Å². The Morgan fingerprint density at radius 3 is 2.68 bits per heavy atom. The summed E-state index contributed by atoms with van der Waals surface area (Å²) < 4.78 is 0. The number of nitrogens with one attached hydrogen (secondary N) is 2. The number of thiocarbonyl (C=S) groups is 1. The monoisotopic (exact) mass is 276 g/mol. The normalized spacial score (nSPS) is 21.2. The van der Waals surface area contributed by atoms with E-state index in [2.05, 4.69) is 56.5 Å². The second-order valence-corrected chi connectivity index (χ2v) is 6.86. The minimum absolute atomic E-state index is 0.451. The zero-order chi connectivity index (χ0) is 14.0. The summed E-state index contributed by atoms with van der Waals surface area (Å²) in [5.41, 5.74) is 4.11. The molecular formula is C16H24N2S. The highest BCUT2D eigenvalue weighted by molar-refractivity contribution is 7.80. The van der Waals surface area contributed by atoms with Crippen LogP contribution in [0.2, 0.25) is 0 Å². The molecule has 3 heteroatoms. The van der Waals surface area contributed by atoms with Gasteiger partial charge in [-0.2, -0.15) is 0 Å². The van der Waals surface area contributed by atoms with Gasteiger partial charge in [0.15, 0.2) is 5.11 Å². The van der Waals surface area contributed by atoms with Crippen molar-refractivity contribution in [2.24, 2.45) is 5.41 Å². The fraction of sp³-hybridized carbons (Fsp3) is 0.562. The molecule has 1 aromatic carbocycles. The van der Waals surface area contributed by atoms with Gasteiger partial charge in [-0.25, -0.2) is 0 Å². The molecule has 2 rings (SSSR count). The molecule has 2 nitrogen and oxygen atoms in total. The summed E-state index contributed by atoms with van der Waals surface area (Å²) in [6, 6.07) is 6.78. The van der Waals surface area contributed by atoms with Gasteiger partial charge in [-0.1, -0.05) is 26.0 Å². The minimum atomic E-state index is 0.451. The van der Waals surface area contributed by atoms with Crippen molar-refractivity contribution in [3.05, 3.63) is 29.3 Å². The van der Waals surface area contributed by atoms with Gasteiger partial charge in [0.1, 0.15) is 0 Å². The fourth-order valence-corrected chi connectivity index (χ4v) is 3.07. The van der Waals surface area contributed by atoms with Crippen molar-refractivity contribution in [3.63, 3.8) is 0 Å². The molecule has 0 heterocycles. The van der Waals surface area contributed by atoms with E-state index in [-0.39, 0.29) is 0 Å². The van der Waals surface area contributed by atoms with E-state index in [1.54, 1.807) is 0 Å². The third-order valence-electron chi connectivity index (χ3n) is 4.16. The van der Waals surface area contributed by atoms with Crippen molar-refractivity contribution >= 4 is 23.0 Å². The van der Waals surface area contributed by atoms with Crippen LogP contribution >= 0.6 is 12.2 Å². The van der Waals surface area contributed by atoms with E-state index in [1.807, 2.05) is 0 Å². The van der Waals surface area contributed by atoms with Crippen LogP contribution in [0.1, 0.15) is 44.2 Å². The van der Waals surface area contributed by atoms with Crippen LogP contribution in [0.3, 0.4) is 0 Å². The zero-order valence-electron chi connectivity index (χ0n) is 12.3. The van der Waals surface area contributed by atoms with Crippen LogP contribution < -0.4 is 10.6 Å². The van der Waals surface area contributed by atoms with Gasteiger partial charge >= 0.3 is 0 Å². The summed E-state index contributed by atoms with van der Waals surface area (Å²) in [7, 11) is 0. The number of benzene rings is 1. The zero-order valence-corrected chi connectivity index (χ0v) is 13.2. The molecule has 0 bridgehead atoms. The Bertz CT molecular complexity index is 480. The Balaban J connectivity index is 1.93. The molecule has 0 radical (unpaired) electrons. The molecule has 0 aromatic heterocycles. The summed E-state index contributed by atoms with van der Waals surface area (Å²) >= 11 is 5.43. The third-order valence-corrected chi connectivity index (χ3v) is 4.38. The average molecular weight is 276 g/mol. The van der Waals surface area contributed by atoms with Gasteiger partial charge in [0, 0.05) is 11.7 Å². The van der Waals surface area contributed by atoms with Crippen LogP contribution in [0.25, 0.3) is 0 Å². The topological polar surface area (TPSA) is 24.1 Å². The molecule has 19 heavy (non-hydrogen) atoms. The molecule has 1 aliphatic carbocycles. The van der Waals surface area contributed by atoms with Crippen molar-refractivity contribution in [1.29, 1.82) is 0 Å². The molecule has 104 valence electrons. The first kappa shape index (κ1) is 14.3. The van der Waals surface area contributed by atoms with Crippen LogP contribution in [-0.4, -0.2) is 11.2 Å². The number of hydrogen-bond acceptors (Lipinski definition) is 1. The van der Waals surface area contributed by atoms with E-state index >= 15 is 0 Å². The highest BCUT2D eigenvalue weighted by atomic mass is 32.1. The maximum atomic E-state index is 5.43. The summed E-state index contributed by atoms with van der Waals surface area (Å²) in [4.78, 5) is 0. The Morgan fingerprint density at radius 2 is 2.05 bits per heavy atom. The Hall–Kier alpha value is -1.09. The standard InChI is InChI=1S/C16H24N2S/c1-11-6-5-7-14(12(11)2)18-15(19)17-13-8-9-16(3,4)10-13/h5-7,13H,8-10H2,1-4H3,(H2,17,18,19). The SMILES string of the molecule is Cc1cccc(NC(=S)NC2CCC(C)(C)C2)c1C. The molecule has 0 spiro atoms. The van der Waals surface area contributed by atoms with Gasteiger partial charge < -0.3 is 10.6 Å². The average Bonchev–Trinajstić information content (AvgIpc) is 2.64. The summed E-state index contributed by atoms with van der Waals surface area (Å²) in [6.07, 6.45) is 3.68. The first-order chi connectivity index (χ1) is 8.87.